The van der Waals surface area contributed by atoms with Crippen LogP contribution in [0, 0.1) is 0 Å². The van der Waals surface area contributed by atoms with Gasteiger partial charge in [0, 0.05) is 31.2 Å². The highest BCUT2D eigenvalue weighted by atomic mass is 16.2. The summed E-state index contributed by atoms with van der Waals surface area (Å²) < 4.78 is 0. The fraction of sp³-hybridized carbons (Fsp3) is 0.933. The summed E-state index contributed by atoms with van der Waals surface area (Å²) >= 11 is 0. The van der Waals surface area contributed by atoms with Crippen LogP contribution in [-0.2, 0) is 4.79 Å². The predicted octanol–water partition coefficient (Wildman–Crippen LogP) is 1.46. The van der Waals surface area contributed by atoms with Gasteiger partial charge in [0.25, 0.3) is 0 Å². The summed E-state index contributed by atoms with van der Waals surface area (Å²) in [5, 5.41) is 3.42. The molecule has 0 spiro atoms. The summed E-state index contributed by atoms with van der Waals surface area (Å²) in [6.07, 6.45) is 4.38. The topological polar surface area (TPSA) is 35.6 Å². The maximum absolute atomic E-state index is 12.6. The molecule has 2 aliphatic heterocycles. The molecule has 1 N–H and O–H groups in total. The van der Waals surface area contributed by atoms with E-state index in [1.54, 1.807) is 0 Å². The molecule has 2 aliphatic rings. The molecule has 2 saturated heterocycles. The second kappa shape index (κ2) is 6.23. The normalized spacial score (nSPS) is 34.1. The molecule has 2 rings (SSSR count). The lowest BCUT2D eigenvalue weighted by atomic mass is 9.94. The van der Waals surface area contributed by atoms with E-state index in [2.05, 4.69) is 42.9 Å². The van der Waals surface area contributed by atoms with E-state index >= 15 is 0 Å². The van der Waals surface area contributed by atoms with Gasteiger partial charge in [-0.1, -0.05) is 13.8 Å². The molecular formula is C15H29N3O. The highest BCUT2D eigenvalue weighted by Gasteiger charge is 2.35. The lowest BCUT2D eigenvalue weighted by Gasteiger charge is -2.44. The third-order valence-electron chi connectivity index (χ3n) is 4.63. The molecule has 0 aromatic heterocycles. The molecule has 4 heteroatoms. The zero-order valence-electron chi connectivity index (χ0n) is 12.9. The van der Waals surface area contributed by atoms with Gasteiger partial charge in [0.05, 0.1) is 6.04 Å². The van der Waals surface area contributed by atoms with E-state index in [0.29, 0.717) is 24.0 Å². The minimum atomic E-state index is 0.0451. The first-order valence-electron chi connectivity index (χ1n) is 7.75. The Hall–Kier alpha value is -0.610. The van der Waals surface area contributed by atoms with Crippen molar-refractivity contribution in [2.75, 3.05) is 20.1 Å². The predicted molar refractivity (Wildman–Crippen MR) is 78.1 cm³/mol. The van der Waals surface area contributed by atoms with Gasteiger partial charge in [-0.2, -0.15) is 0 Å². The number of hydrogen-bond acceptors (Lipinski definition) is 3. The van der Waals surface area contributed by atoms with Crippen LogP contribution in [0.3, 0.4) is 0 Å². The average molecular weight is 267 g/mol. The number of carbonyl (C=O) groups excluding carboxylic acids is 1. The molecular weight excluding hydrogens is 238 g/mol. The fourth-order valence-corrected chi connectivity index (χ4v) is 3.37. The highest BCUT2D eigenvalue weighted by molar-refractivity contribution is 5.83. The van der Waals surface area contributed by atoms with E-state index < -0.39 is 0 Å². The van der Waals surface area contributed by atoms with Crippen molar-refractivity contribution < 1.29 is 4.79 Å². The van der Waals surface area contributed by atoms with Crippen molar-refractivity contribution in [2.24, 2.45) is 0 Å². The van der Waals surface area contributed by atoms with Gasteiger partial charge in [0.2, 0.25) is 5.91 Å². The molecule has 110 valence electrons. The quantitative estimate of drug-likeness (QED) is 0.841. The lowest BCUT2D eigenvalue weighted by molar-refractivity contribution is -0.140. The standard InChI is InChI=1S/C15H29N3O/c1-11(2)16-14-6-5-8-18(15(14)19)13-7-9-17(4)12(3)10-13/h11-14,16H,5-10H2,1-4H3. The molecule has 4 nitrogen and oxygen atoms in total. The van der Waals surface area contributed by atoms with Crippen molar-refractivity contribution in [3.05, 3.63) is 0 Å². The maximum Gasteiger partial charge on any atom is 0.239 e. The van der Waals surface area contributed by atoms with E-state index in [-0.39, 0.29) is 6.04 Å². The first-order chi connectivity index (χ1) is 8.99. The van der Waals surface area contributed by atoms with Gasteiger partial charge < -0.3 is 15.1 Å². The Labute approximate surface area is 117 Å². The van der Waals surface area contributed by atoms with Crippen molar-refractivity contribution in [1.82, 2.24) is 15.1 Å². The highest BCUT2D eigenvalue weighted by Crippen LogP contribution is 2.24. The van der Waals surface area contributed by atoms with E-state index in [1.807, 2.05) is 0 Å². The van der Waals surface area contributed by atoms with Gasteiger partial charge in [-0.05, 0) is 39.7 Å². The average Bonchev–Trinajstić information content (AvgIpc) is 2.35. The Kier molecular flexibility index (Phi) is 4.85. The summed E-state index contributed by atoms with van der Waals surface area (Å²) in [5.41, 5.74) is 0. The van der Waals surface area contributed by atoms with Gasteiger partial charge in [0.15, 0.2) is 0 Å². The molecule has 0 radical (unpaired) electrons. The molecule has 3 unspecified atom stereocenters. The van der Waals surface area contributed by atoms with E-state index in [9.17, 15) is 4.79 Å². The number of rotatable bonds is 3. The number of nitrogens with one attached hydrogen (secondary N) is 1. The van der Waals surface area contributed by atoms with E-state index in [0.717, 1.165) is 38.8 Å². The first-order valence-corrected chi connectivity index (χ1v) is 7.75. The van der Waals surface area contributed by atoms with Crippen LogP contribution in [0.25, 0.3) is 0 Å². The van der Waals surface area contributed by atoms with Crippen LogP contribution in [0.2, 0.25) is 0 Å². The van der Waals surface area contributed by atoms with Crippen molar-refractivity contribution in [3.8, 4) is 0 Å². The number of likely N-dealkylation sites (tertiary alicyclic amines) is 2. The Balaban J connectivity index is 1.97. The van der Waals surface area contributed by atoms with E-state index in [4.69, 9.17) is 0 Å². The van der Waals surface area contributed by atoms with Crippen LogP contribution in [0.1, 0.15) is 46.5 Å². The van der Waals surface area contributed by atoms with Gasteiger partial charge >= 0.3 is 0 Å². The van der Waals surface area contributed by atoms with Crippen molar-refractivity contribution in [1.29, 1.82) is 0 Å². The van der Waals surface area contributed by atoms with Crippen LogP contribution < -0.4 is 5.32 Å². The second-order valence-electron chi connectivity index (χ2n) is 6.56. The molecule has 0 saturated carbocycles. The molecule has 0 aliphatic carbocycles. The molecule has 19 heavy (non-hydrogen) atoms. The summed E-state index contributed by atoms with van der Waals surface area (Å²) in [6.45, 7) is 8.56. The molecule has 2 heterocycles. The smallest absolute Gasteiger partial charge is 0.239 e. The van der Waals surface area contributed by atoms with Crippen molar-refractivity contribution in [3.63, 3.8) is 0 Å². The number of amides is 1. The monoisotopic (exact) mass is 267 g/mol. The fourth-order valence-electron chi connectivity index (χ4n) is 3.37. The van der Waals surface area contributed by atoms with Crippen LogP contribution in [-0.4, -0.2) is 60.0 Å². The molecule has 2 fully saturated rings. The summed E-state index contributed by atoms with van der Waals surface area (Å²) in [5.74, 6) is 0.335. The van der Waals surface area contributed by atoms with Crippen LogP contribution in [0.15, 0.2) is 0 Å². The Morgan fingerprint density at radius 3 is 2.63 bits per heavy atom. The molecule has 0 bridgehead atoms. The van der Waals surface area contributed by atoms with Crippen molar-refractivity contribution in [2.45, 2.75) is 70.6 Å². The molecule has 1 amide bonds. The molecule has 3 atom stereocenters. The third-order valence-corrected chi connectivity index (χ3v) is 4.63. The number of nitrogens with zero attached hydrogens (tertiary/aromatic N) is 2. The van der Waals surface area contributed by atoms with Gasteiger partial charge in [-0.3, -0.25) is 4.79 Å². The van der Waals surface area contributed by atoms with Crippen LogP contribution >= 0.6 is 0 Å². The Bertz CT molecular complexity index is 319. The summed E-state index contributed by atoms with van der Waals surface area (Å²) in [7, 11) is 2.18. The SMILES string of the molecule is CC(C)NC1CCCN(C2CCN(C)C(C)C2)C1=O. The minimum absolute atomic E-state index is 0.0451. The van der Waals surface area contributed by atoms with E-state index in [1.165, 1.54) is 0 Å². The Morgan fingerprint density at radius 1 is 1.26 bits per heavy atom. The van der Waals surface area contributed by atoms with Crippen LogP contribution in [0.5, 0.6) is 0 Å². The zero-order valence-corrected chi connectivity index (χ0v) is 12.9. The molecule has 0 aromatic rings. The van der Waals surface area contributed by atoms with Gasteiger partial charge in [-0.15, -0.1) is 0 Å². The van der Waals surface area contributed by atoms with Gasteiger partial charge in [-0.25, -0.2) is 0 Å². The first kappa shape index (κ1) is 14.8. The molecule has 0 aromatic carbocycles. The largest absolute Gasteiger partial charge is 0.338 e. The Morgan fingerprint density at radius 2 is 2.00 bits per heavy atom. The number of carbonyl (C=O) groups is 1. The number of piperidine rings is 2. The lowest BCUT2D eigenvalue weighted by Crippen LogP contribution is -2.58. The maximum atomic E-state index is 12.6. The summed E-state index contributed by atoms with van der Waals surface area (Å²) in [4.78, 5) is 17.2. The number of hydrogen-bond donors (Lipinski definition) is 1. The zero-order chi connectivity index (χ0) is 14.0. The second-order valence-corrected chi connectivity index (χ2v) is 6.56. The minimum Gasteiger partial charge on any atom is -0.338 e. The summed E-state index contributed by atoms with van der Waals surface area (Å²) in [6, 6.07) is 1.47. The third kappa shape index (κ3) is 3.48. The van der Waals surface area contributed by atoms with Crippen LogP contribution in [0.4, 0.5) is 0 Å². The van der Waals surface area contributed by atoms with Crippen molar-refractivity contribution >= 4 is 5.91 Å². The van der Waals surface area contributed by atoms with Gasteiger partial charge in [0.1, 0.15) is 0 Å².